The van der Waals surface area contributed by atoms with Crippen LogP contribution in [0, 0.1) is 5.92 Å². The number of halogens is 1. The quantitative estimate of drug-likeness (QED) is 0.467. The second-order valence-electron chi connectivity index (χ2n) is 4.65. The van der Waals surface area contributed by atoms with E-state index in [1.54, 1.807) is 6.07 Å². The molecule has 112 valence electrons. The van der Waals surface area contributed by atoms with Crippen molar-refractivity contribution in [1.29, 1.82) is 0 Å². The number of esters is 2. The first-order valence-electron chi connectivity index (χ1n) is 6.02. The van der Waals surface area contributed by atoms with Crippen molar-refractivity contribution in [2.24, 2.45) is 10.9 Å². The minimum Gasteiger partial charge on any atom is -0.480 e. The zero-order valence-corrected chi connectivity index (χ0v) is 13.2. The maximum absolute atomic E-state index is 11.8. The predicted octanol–water partition coefficient (Wildman–Crippen LogP) is 2.01. The summed E-state index contributed by atoms with van der Waals surface area (Å²) >= 11 is 3.28. The highest BCUT2D eigenvalue weighted by atomic mass is 79.9. The van der Waals surface area contributed by atoms with Crippen molar-refractivity contribution in [3.05, 3.63) is 16.7 Å². The van der Waals surface area contributed by atoms with Gasteiger partial charge in [-0.25, -0.2) is 4.98 Å². The van der Waals surface area contributed by atoms with E-state index >= 15 is 0 Å². The summed E-state index contributed by atoms with van der Waals surface area (Å²) in [6.07, 6.45) is 2.68. The van der Waals surface area contributed by atoms with Gasteiger partial charge in [0.2, 0.25) is 5.88 Å². The highest BCUT2D eigenvalue weighted by Gasteiger charge is 2.42. The Morgan fingerprint density at radius 3 is 2.57 bits per heavy atom. The van der Waals surface area contributed by atoms with Gasteiger partial charge in [0.1, 0.15) is 4.47 Å². The number of ether oxygens (including phenoxy) is 3. The number of pyridine rings is 1. The number of aliphatic imine (C=N–C) groups is 1. The van der Waals surface area contributed by atoms with Crippen LogP contribution in [0.4, 0.5) is 5.69 Å². The van der Waals surface area contributed by atoms with Crippen LogP contribution in [0.5, 0.6) is 5.88 Å². The molecule has 2 rings (SSSR count). The zero-order chi connectivity index (χ0) is 15.6. The molecule has 0 amide bonds. The molecule has 1 aromatic rings. The molecule has 0 spiro atoms. The Kier molecular flexibility index (Phi) is 4.26. The van der Waals surface area contributed by atoms with Crippen LogP contribution in [0.15, 0.2) is 21.7 Å². The van der Waals surface area contributed by atoms with Crippen molar-refractivity contribution in [1.82, 2.24) is 4.98 Å². The Hall–Kier alpha value is -1.96. The van der Waals surface area contributed by atoms with Crippen molar-refractivity contribution in [3.63, 3.8) is 0 Å². The van der Waals surface area contributed by atoms with E-state index in [1.165, 1.54) is 33.4 Å². The molecule has 0 N–H and O–H groups in total. The molecule has 1 saturated heterocycles. The first-order chi connectivity index (χ1) is 9.84. The van der Waals surface area contributed by atoms with Crippen molar-refractivity contribution in [3.8, 4) is 5.88 Å². The summed E-state index contributed by atoms with van der Waals surface area (Å²) in [6.45, 7) is 2.97. The Morgan fingerprint density at radius 2 is 2.00 bits per heavy atom. The Balaban J connectivity index is 2.22. The molecular formula is C13H13BrN2O5. The summed E-state index contributed by atoms with van der Waals surface area (Å²) in [4.78, 5) is 31.6. The molecule has 0 radical (unpaired) electrons. The average molecular weight is 357 g/mol. The largest absolute Gasteiger partial charge is 0.480 e. The molecule has 21 heavy (non-hydrogen) atoms. The molecule has 2 heterocycles. The van der Waals surface area contributed by atoms with Gasteiger partial charge in [0.25, 0.3) is 5.79 Å². The van der Waals surface area contributed by atoms with Crippen molar-refractivity contribution >= 4 is 39.8 Å². The van der Waals surface area contributed by atoms with Crippen molar-refractivity contribution < 1.29 is 23.8 Å². The number of carbonyl (C=O) groups is 2. The first-order valence-corrected chi connectivity index (χ1v) is 6.82. The third kappa shape index (κ3) is 3.38. The van der Waals surface area contributed by atoms with E-state index in [9.17, 15) is 9.59 Å². The van der Waals surface area contributed by atoms with Crippen LogP contribution in [-0.2, 0) is 19.1 Å². The zero-order valence-electron chi connectivity index (χ0n) is 11.6. The lowest BCUT2D eigenvalue weighted by atomic mass is 10.1. The van der Waals surface area contributed by atoms with Gasteiger partial charge >= 0.3 is 11.9 Å². The summed E-state index contributed by atoms with van der Waals surface area (Å²) in [5.41, 5.74) is 0.465. The van der Waals surface area contributed by atoms with Gasteiger partial charge in [-0.1, -0.05) is 0 Å². The average Bonchev–Trinajstić information content (AvgIpc) is 2.38. The van der Waals surface area contributed by atoms with Gasteiger partial charge in [0.05, 0.1) is 12.8 Å². The number of carbonyl (C=O) groups excluding carboxylic acids is 2. The van der Waals surface area contributed by atoms with Crippen molar-refractivity contribution in [2.75, 3.05) is 7.11 Å². The lowest BCUT2D eigenvalue weighted by Crippen LogP contribution is -2.46. The van der Waals surface area contributed by atoms with Crippen LogP contribution >= 0.6 is 15.9 Å². The van der Waals surface area contributed by atoms with Gasteiger partial charge in [-0.05, 0) is 22.0 Å². The monoisotopic (exact) mass is 356 g/mol. The van der Waals surface area contributed by atoms with Crippen LogP contribution in [0.1, 0.15) is 13.8 Å². The van der Waals surface area contributed by atoms with Crippen LogP contribution in [-0.4, -0.2) is 36.0 Å². The highest BCUT2D eigenvalue weighted by Crippen LogP contribution is 2.32. The smallest absolute Gasteiger partial charge is 0.329 e. The minimum atomic E-state index is -1.25. The maximum atomic E-state index is 11.8. The third-order valence-electron chi connectivity index (χ3n) is 2.59. The fourth-order valence-corrected chi connectivity index (χ4v) is 2.16. The van der Waals surface area contributed by atoms with Gasteiger partial charge < -0.3 is 14.2 Å². The fraction of sp³-hybridized carbons (Fsp3) is 0.385. The summed E-state index contributed by atoms with van der Waals surface area (Å²) in [7, 11) is 1.47. The molecule has 1 fully saturated rings. The molecule has 1 aliphatic heterocycles. The van der Waals surface area contributed by atoms with Gasteiger partial charge in [-0.15, -0.1) is 0 Å². The molecule has 0 atom stereocenters. The van der Waals surface area contributed by atoms with E-state index < -0.39 is 23.6 Å². The van der Waals surface area contributed by atoms with Gasteiger partial charge in [-0.2, -0.15) is 0 Å². The second kappa shape index (κ2) is 5.80. The predicted molar refractivity (Wildman–Crippen MR) is 76.4 cm³/mol. The van der Waals surface area contributed by atoms with Crippen molar-refractivity contribution in [2.45, 2.75) is 19.6 Å². The number of rotatable bonds is 3. The van der Waals surface area contributed by atoms with Gasteiger partial charge in [0, 0.05) is 26.3 Å². The summed E-state index contributed by atoms with van der Waals surface area (Å²) in [5, 5.41) is 0. The molecule has 0 aromatic carbocycles. The fourth-order valence-electron chi connectivity index (χ4n) is 1.66. The summed E-state index contributed by atoms with van der Waals surface area (Å²) in [5.74, 6) is -3.49. The van der Waals surface area contributed by atoms with Gasteiger partial charge in [-0.3, -0.25) is 14.6 Å². The molecule has 0 saturated carbocycles. The molecule has 1 aliphatic rings. The first kappa shape index (κ1) is 15.4. The Labute approximate surface area is 129 Å². The van der Waals surface area contributed by atoms with E-state index in [0.717, 1.165) is 0 Å². The van der Waals surface area contributed by atoms with Crippen LogP contribution in [0.25, 0.3) is 0 Å². The SMILES string of the molecule is COc1nccc(N=CC2C(=O)OC(C)(C)OC2=O)c1Br. The topological polar surface area (TPSA) is 87.1 Å². The Morgan fingerprint density at radius 1 is 1.38 bits per heavy atom. The highest BCUT2D eigenvalue weighted by molar-refractivity contribution is 9.10. The molecular weight excluding hydrogens is 344 g/mol. The molecule has 7 nitrogen and oxygen atoms in total. The third-order valence-corrected chi connectivity index (χ3v) is 3.34. The summed E-state index contributed by atoms with van der Waals surface area (Å²) in [6, 6.07) is 1.60. The van der Waals surface area contributed by atoms with Gasteiger partial charge in [0.15, 0.2) is 5.92 Å². The number of cyclic esters (lactones) is 2. The lowest BCUT2D eigenvalue weighted by Gasteiger charge is -2.31. The molecule has 0 aliphatic carbocycles. The number of hydrogen-bond acceptors (Lipinski definition) is 7. The maximum Gasteiger partial charge on any atom is 0.329 e. The standard InChI is InChI=1S/C13H13BrN2O5/c1-13(2)20-11(17)7(12(18)21-13)6-16-8-4-5-15-10(19-3)9(8)14/h4-7H,1-3H3. The minimum absolute atomic E-state index is 0.347. The number of hydrogen-bond donors (Lipinski definition) is 0. The second-order valence-corrected chi connectivity index (χ2v) is 5.44. The molecule has 1 aromatic heterocycles. The number of methoxy groups -OCH3 is 1. The van der Waals surface area contributed by atoms with E-state index in [4.69, 9.17) is 14.2 Å². The van der Waals surface area contributed by atoms with E-state index in [0.29, 0.717) is 16.0 Å². The van der Waals surface area contributed by atoms with E-state index in [1.807, 2.05) is 0 Å². The lowest BCUT2D eigenvalue weighted by molar-refractivity contribution is -0.235. The number of aromatic nitrogens is 1. The van der Waals surface area contributed by atoms with Crippen LogP contribution in [0.3, 0.4) is 0 Å². The van der Waals surface area contributed by atoms with E-state index in [2.05, 4.69) is 25.9 Å². The summed E-state index contributed by atoms with van der Waals surface area (Å²) < 4.78 is 15.5. The van der Waals surface area contributed by atoms with E-state index in [-0.39, 0.29) is 0 Å². The number of nitrogens with zero attached hydrogens (tertiary/aromatic N) is 2. The Bertz CT molecular complexity index is 595. The normalized spacial score (nSPS) is 18.5. The molecule has 0 bridgehead atoms. The molecule has 0 unspecified atom stereocenters. The van der Waals surface area contributed by atoms with Crippen LogP contribution < -0.4 is 4.74 Å². The van der Waals surface area contributed by atoms with Crippen LogP contribution in [0.2, 0.25) is 0 Å². The molecule has 8 heteroatoms.